The molecule has 0 radical (unpaired) electrons. The van der Waals surface area contributed by atoms with Crippen LogP contribution in [0, 0.1) is 6.92 Å². The van der Waals surface area contributed by atoms with E-state index in [4.69, 9.17) is 0 Å². The molecule has 1 heterocycles. The first-order chi connectivity index (χ1) is 11.7. The van der Waals surface area contributed by atoms with E-state index in [1.165, 1.54) is 16.9 Å². The van der Waals surface area contributed by atoms with Crippen LogP contribution in [0.15, 0.2) is 60.7 Å². The minimum absolute atomic E-state index is 0.118. The molecule has 5 heteroatoms. The number of anilines is 2. The Morgan fingerprint density at radius 3 is 2.42 bits per heavy atom. The lowest BCUT2D eigenvalue weighted by Crippen LogP contribution is -2.11. The van der Waals surface area contributed by atoms with E-state index in [0.29, 0.717) is 4.88 Å². The van der Waals surface area contributed by atoms with E-state index in [0.717, 1.165) is 29.5 Å². The number of thiazole rings is 1. The van der Waals surface area contributed by atoms with Crippen molar-refractivity contribution < 1.29 is 4.79 Å². The first kappa shape index (κ1) is 16.2. The van der Waals surface area contributed by atoms with Crippen LogP contribution in [-0.2, 0) is 6.42 Å². The Kier molecular flexibility index (Phi) is 5.23. The Morgan fingerprint density at radius 1 is 1.04 bits per heavy atom. The Balaban J connectivity index is 1.59. The number of nitrogens with zero attached hydrogens (tertiary/aromatic N) is 1. The fourth-order valence-corrected chi connectivity index (χ4v) is 3.24. The molecule has 122 valence electrons. The summed E-state index contributed by atoms with van der Waals surface area (Å²) in [6, 6.07) is 19.7. The van der Waals surface area contributed by atoms with Crippen LogP contribution in [0.1, 0.15) is 20.9 Å². The fourth-order valence-electron chi connectivity index (χ4n) is 2.35. The van der Waals surface area contributed by atoms with E-state index in [1.807, 2.05) is 55.5 Å². The van der Waals surface area contributed by atoms with Crippen LogP contribution >= 0.6 is 11.3 Å². The molecule has 2 N–H and O–H groups in total. The van der Waals surface area contributed by atoms with Crippen LogP contribution < -0.4 is 10.6 Å². The highest BCUT2D eigenvalue weighted by Gasteiger charge is 2.15. The molecule has 0 saturated carbocycles. The number of nitrogens with one attached hydrogen (secondary N) is 2. The van der Waals surface area contributed by atoms with Crippen molar-refractivity contribution in [3.63, 3.8) is 0 Å². The van der Waals surface area contributed by atoms with Crippen LogP contribution in [0.5, 0.6) is 0 Å². The molecule has 0 unspecified atom stereocenters. The van der Waals surface area contributed by atoms with Gasteiger partial charge in [0.1, 0.15) is 4.88 Å². The minimum atomic E-state index is -0.118. The third kappa shape index (κ3) is 4.20. The maximum Gasteiger partial charge on any atom is 0.267 e. The predicted octanol–water partition coefficient (Wildman–Crippen LogP) is 4.36. The summed E-state index contributed by atoms with van der Waals surface area (Å²) < 4.78 is 0. The van der Waals surface area contributed by atoms with Gasteiger partial charge in [-0.1, -0.05) is 59.9 Å². The average Bonchev–Trinajstić information content (AvgIpc) is 2.97. The van der Waals surface area contributed by atoms with Crippen molar-refractivity contribution in [2.45, 2.75) is 13.3 Å². The summed E-state index contributed by atoms with van der Waals surface area (Å²) in [5, 5.41) is 6.98. The van der Waals surface area contributed by atoms with E-state index in [1.54, 1.807) is 0 Å². The van der Waals surface area contributed by atoms with Gasteiger partial charge in [-0.25, -0.2) is 4.98 Å². The number of carbonyl (C=O) groups is 1. The zero-order valence-electron chi connectivity index (χ0n) is 13.5. The number of para-hydroxylation sites is 1. The van der Waals surface area contributed by atoms with E-state index >= 15 is 0 Å². The van der Waals surface area contributed by atoms with Gasteiger partial charge in [0.25, 0.3) is 5.91 Å². The molecule has 0 spiro atoms. The standard InChI is InChI=1S/C19H19N3OS/c1-14-17(18(23)22-16-10-6-3-7-11-16)24-19(21-14)20-13-12-15-8-4-2-5-9-15/h2-11H,12-13H2,1H3,(H,20,21)(H,22,23). The minimum Gasteiger partial charge on any atom is -0.361 e. The lowest BCUT2D eigenvalue weighted by molar-refractivity contribution is 0.103. The third-order valence-electron chi connectivity index (χ3n) is 3.57. The molecule has 3 rings (SSSR count). The molecule has 0 aliphatic heterocycles. The Labute approximate surface area is 145 Å². The van der Waals surface area contributed by atoms with Gasteiger partial charge in [-0.2, -0.15) is 0 Å². The Morgan fingerprint density at radius 2 is 1.71 bits per heavy atom. The van der Waals surface area contributed by atoms with E-state index in [9.17, 15) is 4.79 Å². The van der Waals surface area contributed by atoms with E-state index in [-0.39, 0.29) is 5.91 Å². The van der Waals surface area contributed by atoms with Gasteiger partial charge in [0.15, 0.2) is 5.13 Å². The van der Waals surface area contributed by atoms with Gasteiger partial charge in [-0.05, 0) is 31.0 Å². The van der Waals surface area contributed by atoms with Gasteiger partial charge in [-0.15, -0.1) is 0 Å². The highest BCUT2D eigenvalue weighted by atomic mass is 32.1. The molecular formula is C19H19N3OS. The summed E-state index contributed by atoms with van der Waals surface area (Å²) in [5.74, 6) is -0.118. The molecule has 0 aliphatic carbocycles. The zero-order chi connectivity index (χ0) is 16.8. The Bertz CT molecular complexity index is 800. The zero-order valence-corrected chi connectivity index (χ0v) is 14.3. The number of carbonyl (C=O) groups excluding carboxylic acids is 1. The second-order valence-electron chi connectivity index (χ2n) is 5.42. The third-order valence-corrected chi connectivity index (χ3v) is 4.68. The SMILES string of the molecule is Cc1nc(NCCc2ccccc2)sc1C(=O)Nc1ccccc1. The number of aryl methyl sites for hydroxylation is 1. The van der Waals surface area contributed by atoms with Gasteiger partial charge >= 0.3 is 0 Å². The van der Waals surface area contributed by atoms with Gasteiger partial charge in [0.2, 0.25) is 0 Å². The average molecular weight is 337 g/mol. The number of hydrogen-bond acceptors (Lipinski definition) is 4. The van der Waals surface area contributed by atoms with Gasteiger partial charge in [-0.3, -0.25) is 4.79 Å². The normalized spacial score (nSPS) is 10.4. The van der Waals surface area contributed by atoms with Crippen molar-refractivity contribution in [2.75, 3.05) is 17.2 Å². The highest BCUT2D eigenvalue weighted by Crippen LogP contribution is 2.23. The lowest BCUT2D eigenvalue weighted by Gasteiger charge is -2.03. The molecule has 1 aromatic heterocycles. The van der Waals surface area contributed by atoms with Gasteiger partial charge in [0, 0.05) is 12.2 Å². The van der Waals surface area contributed by atoms with Gasteiger partial charge < -0.3 is 10.6 Å². The molecule has 0 bridgehead atoms. The van der Waals surface area contributed by atoms with Crippen molar-refractivity contribution in [3.05, 3.63) is 76.8 Å². The number of benzene rings is 2. The fraction of sp³-hybridized carbons (Fsp3) is 0.158. The molecular weight excluding hydrogens is 318 g/mol. The van der Waals surface area contributed by atoms with Crippen LogP contribution in [-0.4, -0.2) is 17.4 Å². The van der Waals surface area contributed by atoms with Crippen LogP contribution in [0.4, 0.5) is 10.8 Å². The number of aromatic nitrogens is 1. The first-order valence-corrected chi connectivity index (χ1v) is 8.65. The molecule has 24 heavy (non-hydrogen) atoms. The molecule has 0 fully saturated rings. The predicted molar refractivity (Wildman–Crippen MR) is 99.9 cm³/mol. The monoisotopic (exact) mass is 337 g/mol. The Hall–Kier alpha value is -2.66. The summed E-state index contributed by atoms with van der Waals surface area (Å²) in [5.41, 5.74) is 2.81. The molecule has 0 saturated heterocycles. The highest BCUT2D eigenvalue weighted by molar-refractivity contribution is 7.17. The molecule has 2 aromatic carbocycles. The summed E-state index contributed by atoms with van der Waals surface area (Å²) in [6.07, 6.45) is 0.922. The van der Waals surface area contributed by atoms with E-state index < -0.39 is 0 Å². The maximum absolute atomic E-state index is 12.4. The van der Waals surface area contributed by atoms with Crippen LogP contribution in [0.3, 0.4) is 0 Å². The van der Waals surface area contributed by atoms with E-state index in [2.05, 4.69) is 27.8 Å². The van der Waals surface area contributed by atoms with Crippen molar-refractivity contribution in [2.24, 2.45) is 0 Å². The van der Waals surface area contributed by atoms with Crippen molar-refractivity contribution in [1.29, 1.82) is 0 Å². The molecule has 1 amide bonds. The number of rotatable bonds is 6. The van der Waals surface area contributed by atoms with Crippen LogP contribution in [0.25, 0.3) is 0 Å². The van der Waals surface area contributed by atoms with Crippen molar-refractivity contribution in [3.8, 4) is 0 Å². The number of hydrogen-bond donors (Lipinski definition) is 2. The lowest BCUT2D eigenvalue weighted by atomic mass is 10.2. The smallest absolute Gasteiger partial charge is 0.267 e. The number of amides is 1. The summed E-state index contributed by atoms with van der Waals surface area (Å²) >= 11 is 1.39. The second kappa shape index (κ2) is 7.75. The summed E-state index contributed by atoms with van der Waals surface area (Å²) in [7, 11) is 0. The summed E-state index contributed by atoms with van der Waals surface area (Å²) in [4.78, 5) is 17.5. The van der Waals surface area contributed by atoms with Crippen LogP contribution in [0.2, 0.25) is 0 Å². The van der Waals surface area contributed by atoms with Crippen molar-refractivity contribution >= 4 is 28.1 Å². The second-order valence-corrected chi connectivity index (χ2v) is 6.42. The molecule has 3 aromatic rings. The van der Waals surface area contributed by atoms with Crippen molar-refractivity contribution in [1.82, 2.24) is 4.98 Å². The van der Waals surface area contributed by atoms with Gasteiger partial charge in [0.05, 0.1) is 5.69 Å². The molecule has 0 aliphatic rings. The first-order valence-electron chi connectivity index (χ1n) is 7.84. The maximum atomic E-state index is 12.4. The molecule has 0 atom stereocenters. The largest absolute Gasteiger partial charge is 0.361 e. The molecule has 4 nitrogen and oxygen atoms in total. The summed E-state index contributed by atoms with van der Waals surface area (Å²) in [6.45, 7) is 2.65. The quantitative estimate of drug-likeness (QED) is 0.703. The topological polar surface area (TPSA) is 54.0 Å².